The van der Waals surface area contributed by atoms with Crippen LogP contribution in [0.3, 0.4) is 0 Å². The Hall–Kier alpha value is -0.790. The molecule has 1 aromatic carbocycles. The summed E-state index contributed by atoms with van der Waals surface area (Å²) in [6.45, 7) is 9.10. The van der Waals surface area contributed by atoms with Gasteiger partial charge in [0.25, 0.3) is 0 Å². The van der Waals surface area contributed by atoms with Crippen LogP contribution in [-0.4, -0.2) is 12.6 Å². The van der Waals surface area contributed by atoms with Crippen LogP contribution in [0.15, 0.2) is 30.9 Å². The smallest absolute Gasteiger partial charge is 0.0441 e. The summed E-state index contributed by atoms with van der Waals surface area (Å²) in [6, 6.07) is 6.71. The Labute approximate surface area is 110 Å². The van der Waals surface area contributed by atoms with E-state index in [2.05, 4.69) is 37.9 Å². The van der Waals surface area contributed by atoms with Crippen molar-refractivity contribution in [3.63, 3.8) is 0 Å². The number of nitrogens with one attached hydrogen (secondary N) is 1. The summed E-state index contributed by atoms with van der Waals surface area (Å²) in [6.07, 6.45) is 5.06. The molecule has 1 N–H and O–H groups in total. The topological polar surface area (TPSA) is 12.0 Å². The fraction of sp³-hybridized carbons (Fsp3) is 0.467. The Balaban J connectivity index is 2.67. The monoisotopic (exact) mass is 251 g/mol. The maximum absolute atomic E-state index is 6.25. The molecule has 0 amide bonds. The highest BCUT2D eigenvalue weighted by Crippen LogP contribution is 2.19. The van der Waals surface area contributed by atoms with Gasteiger partial charge in [0.1, 0.15) is 0 Å². The van der Waals surface area contributed by atoms with Crippen LogP contribution in [-0.2, 0) is 6.42 Å². The van der Waals surface area contributed by atoms with E-state index < -0.39 is 0 Å². The van der Waals surface area contributed by atoms with Crippen molar-refractivity contribution in [2.45, 2.75) is 39.2 Å². The highest BCUT2D eigenvalue weighted by Gasteiger charge is 2.09. The van der Waals surface area contributed by atoms with Crippen LogP contribution in [0.25, 0.3) is 0 Å². The van der Waals surface area contributed by atoms with E-state index in [0.717, 1.165) is 30.8 Å². The third-order valence-electron chi connectivity index (χ3n) is 2.81. The van der Waals surface area contributed by atoms with E-state index in [0.29, 0.717) is 6.04 Å². The van der Waals surface area contributed by atoms with Gasteiger partial charge < -0.3 is 5.32 Å². The maximum Gasteiger partial charge on any atom is 0.0441 e. The van der Waals surface area contributed by atoms with Gasteiger partial charge in [0.05, 0.1) is 0 Å². The zero-order valence-corrected chi connectivity index (χ0v) is 11.6. The van der Waals surface area contributed by atoms with E-state index in [1.807, 2.05) is 12.1 Å². The summed E-state index contributed by atoms with van der Waals surface area (Å²) >= 11 is 6.25. The molecule has 0 aliphatic heterocycles. The van der Waals surface area contributed by atoms with Crippen molar-refractivity contribution < 1.29 is 0 Å². The lowest BCUT2D eigenvalue weighted by molar-refractivity contribution is 0.512. The molecule has 0 fully saturated rings. The van der Waals surface area contributed by atoms with E-state index in [1.54, 1.807) is 0 Å². The molecule has 0 aromatic heterocycles. The van der Waals surface area contributed by atoms with Gasteiger partial charge in [0.2, 0.25) is 0 Å². The first-order valence-corrected chi connectivity index (χ1v) is 6.64. The fourth-order valence-electron chi connectivity index (χ4n) is 1.87. The van der Waals surface area contributed by atoms with Gasteiger partial charge >= 0.3 is 0 Å². The number of hydrogen-bond acceptors (Lipinski definition) is 1. The highest BCUT2D eigenvalue weighted by atomic mass is 35.5. The molecule has 0 aliphatic carbocycles. The van der Waals surface area contributed by atoms with Crippen molar-refractivity contribution >= 4 is 11.6 Å². The second kappa shape index (κ2) is 7.52. The first-order valence-electron chi connectivity index (χ1n) is 6.26. The van der Waals surface area contributed by atoms with Gasteiger partial charge in [0.15, 0.2) is 0 Å². The number of rotatable bonds is 7. The average molecular weight is 252 g/mol. The predicted octanol–water partition coefficient (Wildman–Crippen LogP) is 4.14. The summed E-state index contributed by atoms with van der Waals surface area (Å²) in [5.41, 5.74) is 2.42. The zero-order chi connectivity index (χ0) is 12.7. The molecular weight excluding hydrogens is 230 g/mol. The Morgan fingerprint density at radius 2 is 2.24 bits per heavy atom. The number of aryl methyl sites for hydroxylation is 1. The Kier molecular flexibility index (Phi) is 6.31. The third-order valence-corrected chi connectivity index (χ3v) is 3.16. The van der Waals surface area contributed by atoms with Gasteiger partial charge in [-0.15, -0.1) is 6.58 Å². The molecule has 1 rings (SSSR count). The van der Waals surface area contributed by atoms with Crippen molar-refractivity contribution in [1.82, 2.24) is 5.32 Å². The van der Waals surface area contributed by atoms with E-state index in [1.165, 1.54) is 11.1 Å². The lowest BCUT2D eigenvalue weighted by Gasteiger charge is -2.17. The first-order chi connectivity index (χ1) is 8.17. The fourth-order valence-corrected chi connectivity index (χ4v) is 2.18. The van der Waals surface area contributed by atoms with Gasteiger partial charge in [-0.2, -0.15) is 0 Å². The van der Waals surface area contributed by atoms with Crippen LogP contribution < -0.4 is 5.32 Å². The summed E-state index contributed by atoms with van der Waals surface area (Å²) in [5.74, 6) is 0. The SMILES string of the molecule is C=CCC(Cc1ccc(C)cc1Cl)NCCC. The predicted molar refractivity (Wildman–Crippen MR) is 76.8 cm³/mol. The lowest BCUT2D eigenvalue weighted by atomic mass is 10.0. The van der Waals surface area contributed by atoms with Gasteiger partial charge in [-0.1, -0.05) is 36.7 Å². The molecule has 17 heavy (non-hydrogen) atoms. The molecule has 1 aromatic rings. The maximum atomic E-state index is 6.25. The minimum absolute atomic E-state index is 0.438. The van der Waals surface area contributed by atoms with Gasteiger partial charge in [-0.3, -0.25) is 0 Å². The molecule has 0 radical (unpaired) electrons. The Morgan fingerprint density at radius 3 is 2.82 bits per heavy atom. The molecule has 1 atom stereocenters. The first kappa shape index (κ1) is 14.3. The molecule has 94 valence electrons. The largest absolute Gasteiger partial charge is 0.313 e. The van der Waals surface area contributed by atoms with Crippen LogP contribution in [0.2, 0.25) is 5.02 Å². The van der Waals surface area contributed by atoms with Crippen molar-refractivity contribution in [2.75, 3.05) is 6.54 Å². The molecule has 0 aliphatic rings. The van der Waals surface area contributed by atoms with Crippen molar-refractivity contribution in [3.05, 3.63) is 47.0 Å². The molecule has 0 spiro atoms. The van der Waals surface area contributed by atoms with E-state index >= 15 is 0 Å². The second-order valence-corrected chi connectivity index (χ2v) is 4.88. The minimum Gasteiger partial charge on any atom is -0.313 e. The van der Waals surface area contributed by atoms with Crippen molar-refractivity contribution in [3.8, 4) is 0 Å². The number of hydrogen-bond donors (Lipinski definition) is 1. The molecule has 0 bridgehead atoms. The Bertz CT molecular complexity index is 360. The van der Waals surface area contributed by atoms with Crippen molar-refractivity contribution in [1.29, 1.82) is 0 Å². The van der Waals surface area contributed by atoms with Gasteiger partial charge in [-0.25, -0.2) is 0 Å². The second-order valence-electron chi connectivity index (χ2n) is 4.47. The van der Waals surface area contributed by atoms with Crippen LogP contribution >= 0.6 is 11.6 Å². The lowest BCUT2D eigenvalue weighted by Crippen LogP contribution is -2.31. The average Bonchev–Trinajstić information content (AvgIpc) is 2.29. The molecule has 0 saturated carbocycles. The molecule has 0 saturated heterocycles. The molecule has 0 heterocycles. The normalized spacial score (nSPS) is 12.4. The standard InChI is InChI=1S/C15H22ClN/c1-4-6-14(17-9-5-2)11-13-8-7-12(3)10-15(13)16/h4,7-8,10,14,17H,1,5-6,9,11H2,2-3H3. The van der Waals surface area contributed by atoms with Gasteiger partial charge in [-0.05, 0) is 49.9 Å². The quantitative estimate of drug-likeness (QED) is 0.719. The summed E-state index contributed by atoms with van der Waals surface area (Å²) < 4.78 is 0. The van der Waals surface area contributed by atoms with Crippen LogP contribution in [0.4, 0.5) is 0 Å². The van der Waals surface area contributed by atoms with Crippen LogP contribution in [0.1, 0.15) is 30.9 Å². The highest BCUT2D eigenvalue weighted by molar-refractivity contribution is 6.31. The number of halogens is 1. The summed E-state index contributed by atoms with van der Waals surface area (Å²) in [4.78, 5) is 0. The van der Waals surface area contributed by atoms with Crippen molar-refractivity contribution in [2.24, 2.45) is 0 Å². The molecule has 1 nitrogen and oxygen atoms in total. The minimum atomic E-state index is 0.438. The molecule has 2 heteroatoms. The summed E-state index contributed by atoms with van der Waals surface area (Å²) in [5, 5.41) is 4.40. The van der Waals surface area contributed by atoms with E-state index in [-0.39, 0.29) is 0 Å². The van der Waals surface area contributed by atoms with E-state index in [4.69, 9.17) is 11.6 Å². The van der Waals surface area contributed by atoms with Gasteiger partial charge in [0, 0.05) is 11.1 Å². The summed E-state index contributed by atoms with van der Waals surface area (Å²) in [7, 11) is 0. The third kappa shape index (κ3) is 4.93. The Morgan fingerprint density at radius 1 is 1.47 bits per heavy atom. The molecule has 1 unspecified atom stereocenters. The van der Waals surface area contributed by atoms with Crippen LogP contribution in [0.5, 0.6) is 0 Å². The zero-order valence-electron chi connectivity index (χ0n) is 10.8. The van der Waals surface area contributed by atoms with Crippen LogP contribution in [0, 0.1) is 6.92 Å². The number of benzene rings is 1. The molecular formula is C15H22ClN. The van der Waals surface area contributed by atoms with E-state index in [9.17, 15) is 0 Å².